The van der Waals surface area contributed by atoms with Crippen LogP contribution < -0.4 is 10.6 Å². The summed E-state index contributed by atoms with van der Waals surface area (Å²) in [4.78, 5) is 35.8. The molecule has 3 N–H and O–H groups in total. The maximum atomic E-state index is 12.2. The van der Waals surface area contributed by atoms with Crippen LogP contribution in [0, 0.1) is 0 Å². The summed E-state index contributed by atoms with van der Waals surface area (Å²) < 4.78 is 0. The number of carbonyl (C=O) groups excluding carboxylic acids is 3. The highest BCUT2D eigenvalue weighted by Crippen LogP contribution is 2.13. The lowest BCUT2D eigenvalue weighted by Crippen LogP contribution is -2.49. The number of amides is 2. The van der Waals surface area contributed by atoms with Gasteiger partial charge in [0.15, 0.2) is 0 Å². The topological polar surface area (TPSA) is 95.5 Å². The molecule has 126 valence electrons. The first kappa shape index (κ1) is 19.1. The maximum Gasteiger partial charge on any atom is 0.289 e. The molecule has 6 nitrogen and oxygen atoms in total. The summed E-state index contributed by atoms with van der Waals surface area (Å²) in [6.07, 6.45) is -0.835. The molecule has 1 aromatic rings. The van der Waals surface area contributed by atoms with Crippen LogP contribution in [0.3, 0.4) is 0 Å². The number of aliphatic hydroxyl groups excluding tert-OH is 1. The number of likely N-dealkylation sites (N-methyl/N-ethyl adjacent to an activating group) is 1. The third kappa shape index (κ3) is 6.80. The van der Waals surface area contributed by atoms with Crippen LogP contribution in [0.25, 0.3) is 0 Å². The standard InChI is InChI=1S/C16H21ClN2O4/c1-3-18-16(23)15(22)13(19-14(21)7-10(2)20)9-11-5-4-6-12(17)8-11/h4-6,8,10,13,20H,3,7,9H2,1-2H3,(H,18,23)(H,19,21)/t10-,13?/m1/s1. The molecular weight excluding hydrogens is 320 g/mol. The number of Topliss-reactive ketones (excluding diaryl/α,β-unsaturated/α-hetero) is 1. The van der Waals surface area contributed by atoms with E-state index >= 15 is 0 Å². The van der Waals surface area contributed by atoms with Crippen molar-refractivity contribution in [2.75, 3.05) is 6.54 Å². The van der Waals surface area contributed by atoms with Gasteiger partial charge >= 0.3 is 0 Å². The maximum absolute atomic E-state index is 12.2. The fourth-order valence-electron chi connectivity index (χ4n) is 2.04. The number of hydrogen-bond donors (Lipinski definition) is 3. The van der Waals surface area contributed by atoms with E-state index in [1.54, 1.807) is 31.2 Å². The van der Waals surface area contributed by atoms with Crippen molar-refractivity contribution in [1.29, 1.82) is 0 Å². The van der Waals surface area contributed by atoms with E-state index in [1.807, 2.05) is 0 Å². The summed E-state index contributed by atoms with van der Waals surface area (Å²) in [7, 11) is 0. The molecule has 0 aliphatic rings. The van der Waals surface area contributed by atoms with E-state index in [0.717, 1.165) is 5.56 Å². The summed E-state index contributed by atoms with van der Waals surface area (Å²) in [6.45, 7) is 3.48. The van der Waals surface area contributed by atoms with Crippen LogP contribution >= 0.6 is 11.6 Å². The second-order valence-electron chi connectivity index (χ2n) is 5.23. The van der Waals surface area contributed by atoms with Crippen molar-refractivity contribution in [2.45, 2.75) is 38.8 Å². The third-order valence-corrected chi connectivity index (χ3v) is 3.26. The molecule has 0 radical (unpaired) electrons. The number of benzene rings is 1. The van der Waals surface area contributed by atoms with Crippen LogP contribution in [-0.2, 0) is 20.8 Å². The van der Waals surface area contributed by atoms with Gasteiger partial charge in [-0.05, 0) is 31.5 Å². The predicted molar refractivity (Wildman–Crippen MR) is 87.1 cm³/mol. The van der Waals surface area contributed by atoms with Gasteiger partial charge in [-0.25, -0.2) is 0 Å². The minimum Gasteiger partial charge on any atom is -0.393 e. The molecule has 23 heavy (non-hydrogen) atoms. The zero-order chi connectivity index (χ0) is 17.4. The van der Waals surface area contributed by atoms with Crippen molar-refractivity contribution in [2.24, 2.45) is 0 Å². The second kappa shape index (κ2) is 9.27. The first-order valence-electron chi connectivity index (χ1n) is 7.37. The van der Waals surface area contributed by atoms with Gasteiger partial charge in [-0.2, -0.15) is 0 Å². The molecule has 1 unspecified atom stereocenters. The minimum absolute atomic E-state index is 0.141. The number of halogens is 1. The second-order valence-corrected chi connectivity index (χ2v) is 5.67. The highest BCUT2D eigenvalue weighted by atomic mass is 35.5. The Kier molecular flexibility index (Phi) is 7.71. The van der Waals surface area contributed by atoms with E-state index in [0.29, 0.717) is 11.6 Å². The Labute approximate surface area is 140 Å². The number of carbonyl (C=O) groups is 3. The van der Waals surface area contributed by atoms with Gasteiger partial charge in [-0.3, -0.25) is 14.4 Å². The molecule has 0 aliphatic carbocycles. The van der Waals surface area contributed by atoms with E-state index in [4.69, 9.17) is 11.6 Å². The molecule has 0 aliphatic heterocycles. The lowest BCUT2D eigenvalue weighted by atomic mass is 10.0. The molecular formula is C16H21ClN2O4. The highest BCUT2D eigenvalue weighted by molar-refractivity contribution is 6.38. The number of hydrogen-bond acceptors (Lipinski definition) is 4. The van der Waals surface area contributed by atoms with Crippen molar-refractivity contribution in [3.8, 4) is 0 Å². The number of nitrogens with one attached hydrogen (secondary N) is 2. The largest absolute Gasteiger partial charge is 0.393 e. The van der Waals surface area contributed by atoms with Crippen molar-refractivity contribution in [3.05, 3.63) is 34.9 Å². The van der Waals surface area contributed by atoms with Crippen LogP contribution in [0.1, 0.15) is 25.8 Å². The van der Waals surface area contributed by atoms with E-state index in [1.165, 1.54) is 6.92 Å². The Bertz CT molecular complexity index is 575. The number of ketones is 1. The van der Waals surface area contributed by atoms with Gasteiger partial charge < -0.3 is 15.7 Å². The van der Waals surface area contributed by atoms with Gasteiger partial charge in [-0.1, -0.05) is 23.7 Å². The lowest BCUT2D eigenvalue weighted by Gasteiger charge is -2.18. The van der Waals surface area contributed by atoms with Crippen molar-refractivity contribution in [3.63, 3.8) is 0 Å². The Balaban J connectivity index is 2.89. The normalized spacial score (nSPS) is 13.0. The van der Waals surface area contributed by atoms with Crippen molar-refractivity contribution >= 4 is 29.2 Å². The van der Waals surface area contributed by atoms with E-state index in [9.17, 15) is 19.5 Å². The van der Waals surface area contributed by atoms with Gasteiger partial charge in [0.25, 0.3) is 5.91 Å². The van der Waals surface area contributed by atoms with Crippen LogP contribution in [0.5, 0.6) is 0 Å². The van der Waals surface area contributed by atoms with Crippen LogP contribution in [-0.4, -0.2) is 41.4 Å². The van der Waals surface area contributed by atoms with Gasteiger partial charge in [0, 0.05) is 18.0 Å². The number of rotatable bonds is 8. The molecule has 7 heteroatoms. The monoisotopic (exact) mass is 340 g/mol. The van der Waals surface area contributed by atoms with E-state index in [-0.39, 0.29) is 12.8 Å². The van der Waals surface area contributed by atoms with Gasteiger partial charge in [0.05, 0.1) is 12.5 Å². The smallest absolute Gasteiger partial charge is 0.289 e. The quantitative estimate of drug-likeness (QED) is 0.611. The Morgan fingerprint density at radius 2 is 2.00 bits per heavy atom. The van der Waals surface area contributed by atoms with Gasteiger partial charge in [0.2, 0.25) is 11.7 Å². The molecule has 2 atom stereocenters. The molecule has 0 aromatic heterocycles. The molecule has 1 aromatic carbocycles. The van der Waals surface area contributed by atoms with Crippen LogP contribution in [0.2, 0.25) is 5.02 Å². The molecule has 0 saturated carbocycles. The summed E-state index contributed by atoms with van der Waals surface area (Å²) >= 11 is 5.91. The first-order valence-corrected chi connectivity index (χ1v) is 7.75. The molecule has 2 amide bonds. The molecule has 0 spiro atoms. The lowest BCUT2D eigenvalue weighted by molar-refractivity contribution is -0.140. The fraction of sp³-hybridized carbons (Fsp3) is 0.438. The zero-order valence-corrected chi connectivity index (χ0v) is 13.9. The molecule has 0 heterocycles. The SMILES string of the molecule is CCNC(=O)C(=O)C(Cc1cccc(Cl)c1)NC(=O)C[C@@H](C)O. The molecule has 1 rings (SSSR count). The average molecular weight is 341 g/mol. The predicted octanol–water partition coefficient (Wildman–Crippen LogP) is 0.843. The highest BCUT2D eigenvalue weighted by Gasteiger charge is 2.27. The first-order chi connectivity index (χ1) is 10.8. The van der Waals surface area contributed by atoms with Crippen LogP contribution in [0.15, 0.2) is 24.3 Å². The van der Waals surface area contributed by atoms with E-state index in [2.05, 4.69) is 10.6 Å². The summed E-state index contributed by atoms with van der Waals surface area (Å²) in [5.41, 5.74) is 0.720. The zero-order valence-electron chi connectivity index (χ0n) is 13.1. The fourth-order valence-corrected chi connectivity index (χ4v) is 2.25. The van der Waals surface area contributed by atoms with Crippen molar-refractivity contribution < 1.29 is 19.5 Å². The van der Waals surface area contributed by atoms with E-state index < -0.39 is 29.7 Å². The molecule has 0 fully saturated rings. The average Bonchev–Trinajstić information content (AvgIpc) is 2.45. The van der Waals surface area contributed by atoms with Gasteiger partial charge in [0.1, 0.15) is 6.04 Å². The van der Waals surface area contributed by atoms with Crippen molar-refractivity contribution in [1.82, 2.24) is 10.6 Å². The summed E-state index contributed by atoms with van der Waals surface area (Å²) in [6, 6.07) is 5.83. The summed E-state index contributed by atoms with van der Waals surface area (Å²) in [5, 5.41) is 14.7. The molecule has 0 bridgehead atoms. The van der Waals surface area contributed by atoms with Gasteiger partial charge in [-0.15, -0.1) is 0 Å². The Morgan fingerprint density at radius 1 is 1.30 bits per heavy atom. The summed E-state index contributed by atoms with van der Waals surface area (Å²) in [5.74, 6) is -1.98. The number of aliphatic hydroxyl groups is 1. The molecule has 0 saturated heterocycles. The Morgan fingerprint density at radius 3 is 2.57 bits per heavy atom. The van der Waals surface area contributed by atoms with Crippen LogP contribution in [0.4, 0.5) is 0 Å². The third-order valence-electron chi connectivity index (χ3n) is 3.02. The minimum atomic E-state index is -1.01. The Hall–Kier alpha value is -1.92.